The predicted molar refractivity (Wildman–Crippen MR) is 115 cm³/mol. The van der Waals surface area contributed by atoms with Crippen LogP contribution >= 0.6 is 0 Å². The molecule has 8 heteroatoms. The minimum Gasteiger partial charge on any atom is -0.490 e. The molecule has 1 N–H and O–H groups in total. The summed E-state index contributed by atoms with van der Waals surface area (Å²) in [5, 5.41) is 2.76. The Morgan fingerprint density at radius 3 is 2.62 bits per heavy atom. The zero-order valence-electron chi connectivity index (χ0n) is 17.9. The molecule has 0 aromatic heterocycles. The first-order chi connectivity index (χ1) is 15.5. The Morgan fingerprint density at radius 2 is 1.81 bits per heavy atom. The van der Waals surface area contributed by atoms with E-state index >= 15 is 0 Å². The molecule has 1 fully saturated rings. The van der Waals surface area contributed by atoms with Gasteiger partial charge in [0, 0.05) is 19.5 Å². The minimum atomic E-state index is -1.28. The third-order valence-corrected chi connectivity index (χ3v) is 6.38. The van der Waals surface area contributed by atoms with E-state index in [9.17, 15) is 14.4 Å². The van der Waals surface area contributed by atoms with Crippen molar-refractivity contribution in [3.05, 3.63) is 59.2 Å². The second-order valence-electron chi connectivity index (χ2n) is 8.49. The summed E-state index contributed by atoms with van der Waals surface area (Å²) in [6, 6.07) is 12.7. The summed E-state index contributed by atoms with van der Waals surface area (Å²) in [6.07, 6.45) is 1.53. The first-order valence-electron chi connectivity index (χ1n) is 10.8. The van der Waals surface area contributed by atoms with Crippen molar-refractivity contribution < 1.29 is 23.9 Å². The van der Waals surface area contributed by atoms with Gasteiger partial charge in [-0.05, 0) is 42.2 Å². The molecule has 32 heavy (non-hydrogen) atoms. The SMILES string of the molecule is CC1(c2ccc3c(c2)OCCCO3)NC(=O)N(CC(=O)N2CCc3ccccc3C2)C1=O. The van der Waals surface area contributed by atoms with Crippen molar-refractivity contribution in [2.45, 2.75) is 31.8 Å². The van der Waals surface area contributed by atoms with E-state index in [2.05, 4.69) is 11.4 Å². The van der Waals surface area contributed by atoms with Gasteiger partial charge in [-0.1, -0.05) is 30.3 Å². The number of nitrogens with one attached hydrogen (secondary N) is 1. The lowest BCUT2D eigenvalue weighted by Crippen LogP contribution is -2.45. The summed E-state index contributed by atoms with van der Waals surface area (Å²) in [6.45, 7) is 3.50. The molecular formula is C24H25N3O5. The molecule has 1 atom stereocenters. The highest BCUT2D eigenvalue weighted by Crippen LogP contribution is 2.36. The van der Waals surface area contributed by atoms with Gasteiger partial charge in [0.05, 0.1) is 13.2 Å². The van der Waals surface area contributed by atoms with Gasteiger partial charge < -0.3 is 19.7 Å². The first-order valence-corrected chi connectivity index (χ1v) is 10.8. The van der Waals surface area contributed by atoms with Gasteiger partial charge in [0.15, 0.2) is 11.5 Å². The molecular weight excluding hydrogens is 410 g/mol. The van der Waals surface area contributed by atoms with E-state index in [-0.39, 0.29) is 12.5 Å². The molecule has 0 aliphatic carbocycles. The van der Waals surface area contributed by atoms with Crippen molar-refractivity contribution in [2.75, 3.05) is 26.3 Å². The number of fused-ring (bicyclic) bond motifs is 2. The van der Waals surface area contributed by atoms with E-state index in [1.807, 2.05) is 18.2 Å². The summed E-state index contributed by atoms with van der Waals surface area (Å²) in [4.78, 5) is 41.6. The van der Waals surface area contributed by atoms with E-state index in [1.54, 1.807) is 30.0 Å². The first kappa shape index (κ1) is 20.4. The molecule has 4 amide bonds. The Kier molecular flexibility index (Phi) is 5.00. The highest BCUT2D eigenvalue weighted by atomic mass is 16.5. The van der Waals surface area contributed by atoms with Crippen LogP contribution in [-0.2, 0) is 28.1 Å². The number of carbonyl (C=O) groups is 3. The van der Waals surface area contributed by atoms with Gasteiger partial charge in [-0.3, -0.25) is 14.5 Å². The Bertz CT molecular complexity index is 1100. The highest BCUT2D eigenvalue weighted by molar-refractivity contribution is 6.09. The smallest absolute Gasteiger partial charge is 0.325 e. The standard InChI is InChI=1S/C24H25N3O5/c1-24(18-7-8-19-20(13-18)32-12-4-11-31-19)22(29)27(23(30)25-24)15-21(28)26-10-9-16-5-2-3-6-17(16)14-26/h2-3,5-8,13H,4,9-12,14-15H2,1H3,(H,25,30). The average molecular weight is 435 g/mol. The fourth-order valence-corrected chi connectivity index (χ4v) is 4.45. The van der Waals surface area contributed by atoms with Crippen LogP contribution in [0.3, 0.4) is 0 Å². The fraction of sp³-hybridized carbons (Fsp3) is 0.375. The lowest BCUT2D eigenvalue weighted by molar-refractivity contribution is -0.139. The number of carbonyl (C=O) groups excluding carboxylic acids is 3. The molecule has 1 unspecified atom stereocenters. The zero-order valence-corrected chi connectivity index (χ0v) is 17.9. The van der Waals surface area contributed by atoms with E-state index < -0.39 is 17.5 Å². The van der Waals surface area contributed by atoms with Gasteiger partial charge >= 0.3 is 6.03 Å². The largest absolute Gasteiger partial charge is 0.490 e. The third kappa shape index (κ3) is 3.45. The van der Waals surface area contributed by atoms with E-state index in [0.29, 0.717) is 43.4 Å². The van der Waals surface area contributed by atoms with Gasteiger partial charge in [0.25, 0.3) is 5.91 Å². The Labute approximate surface area is 186 Å². The molecule has 1 saturated heterocycles. The number of urea groups is 1. The van der Waals surface area contributed by atoms with Crippen LogP contribution in [0, 0.1) is 0 Å². The van der Waals surface area contributed by atoms with Crippen LogP contribution in [0.2, 0.25) is 0 Å². The fourth-order valence-electron chi connectivity index (χ4n) is 4.45. The predicted octanol–water partition coefficient (Wildman–Crippen LogP) is 2.20. The number of ether oxygens (including phenoxy) is 2. The summed E-state index contributed by atoms with van der Waals surface area (Å²) < 4.78 is 11.4. The second-order valence-corrected chi connectivity index (χ2v) is 8.49. The van der Waals surface area contributed by atoms with Gasteiger partial charge in [-0.25, -0.2) is 4.79 Å². The molecule has 0 saturated carbocycles. The normalized spacial score (nSPS) is 22.3. The summed E-state index contributed by atoms with van der Waals surface area (Å²) in [5.41, 5.74) is 1.63. The lowest BCUT2D eigenvalue weighted by Gasteiger charge is -2.30. The average Bonchev–Trinajstić information content (AvgIpc) is 2.96. The summed E-state index contributed by atoms with van der Waals surface area (Å²) >= 11 is 0. The maximum Gasteiger partial charge on any atom is 0.325 e. The van der Waals surface area contributed by atoms with Crippen molar-refractivity contribution in [2.24, 2.45) is 0 Å². The monoisotopic (exact) mass is 435 g/mol. The van der Waals surface area contributed by atoms with E-state index in [4.69, 9.17) is 9.47 Å². The molecule has 3 heterocycles. The van der Waals surface area contributed by atoms with Gasteiger partial charge in [0.1, 0.15) is 12.1 Å². The van der Waals surface area contributed by atoms with Crippen molar-refractivity contribution in [3.8, 4) is 11.5 Å². The lowest BCUT2D eigenvalue weighted by atomic mass is 9.91. The molecule has 2 aromatic carbocycles. The van der Waals surface area contributed by atoms with Crippen LogP contribution in [0.4, 0.5) is 4.79 Å². The molecule has 0 bridgehead atoms. The number of imide groups is 1. The maximum absolute atomic E-state index is 13.3. The zero-order chi connectivity index (χ0) is 22.3. The number of nitrogens with zero attached hydrogens (tertiary/aromatic N) is 2. The topological polar surface area (TPSA) is 88.2 Å². The minimum absolute atomic E-state index is 0.245. The molecule has 2 aromatic rings. The van der Waals surface area contributed by atoms with Crippen molar-refractivity contribution in [3.63, 3.8) is 0 Å². The van der Waals surface area contributed by atoms with Crippen molar-refractivity contribution >= 4 is 17.8 Å². The van der Waals surface area contributed by atoms with Gasteiger partial charge in [-0.15, -0.1) is 0 Å². The third-order valence-electron chi connectivity index (χ3n) is 6.38. The molecule has 166 valence electrons. The van der Waals surface area contributed by atoms with E-state index in [0.717, 1.165) is 23.3 Å². The van der Waals surface area contributed by atoms with Crippen LogP contribution in [0.5, 0.6) is 11.5 Å². The Hall–Kier alpha value is -3.55. The van der Waals surface area contributed by atoms with Crippen LogP contribution in [0.15, 0.2) is 42.5 Å². The summed E-state index contributed by atoms with van der Waals surface area (Å²) in [7, 11) is 0. The van der Waals surface area contributed by atoms with E-state index in [1.165, 1.54) is 5.56 Å². The molecule has 5 rings (SSSR count). The van der Waals surface area contributed by atoms with Crippen molar-refractivity contribution in [1.82, 2.24) is 15.1 Å². The quantitative estimate of drug-likeness (QED) is 0.747. The number of rotatable bonds is 3. The van der Waals surface area contributed by atoms with Crippen LogP contribution in [-0.4, -0.2) is 53.9 Å². The second kappa shape index (κ2) is 7.85. The van der Waals surface area contributed by atoms with Crippen LogP contribution in [0.1, 0.15) is 30.0 Å². The Balaban J connectivity index is 1.33. The molecule has 3 aliphatic heterocycles. The molecule has 0 spiro atoms. The van der Waals surface area contributed by atoms with Gasteiger partial charge in [-0.2, -0.15) is 0 Å². The molecule has 3 aliphatic rings. The molecule has 8 nitrogen and oxygen atoms in total. The number of hydrogen-bond acceptors (Lipinski definition) is 5. The summed E-state index contributed by atoms with van der Waals surface area (Å²) in [5.74, 6) is 0.461. The Morgan fingerprint density at radius 1 is 1.06 bits per heavy atom. The van der Waals surface area contributed by atoms with Crippen LogP contribution in [0.25, 0.3) is 0 Å². The maximum atomic E-state index is 13.3. The highest BCUT2D eigenvalue weighted by Gasteiger charge is 2.50. The van der Waals surface area contributed by atoms with Crippen molar-refractivity contribution in [1.29, 1.82) is 0 Å². The number of amides is 4. The number of benzene rings is 2. The number of hydrogen-bond donors (Lipinski definition) is 1. The van der Waals surface area contributed by atoms with Gasteiger partial charge in [0.2, 0.25) is 5.91 Å². The molecule has 0 radical (unpaired) electrons. The van der Waals surface area contributed by atoms with Crippen LogP contribution < -0.4 is 14.8 Å².